The molecule has 21 heavy (non-hydrogen) atoms. The molecule has 0 bridgehead atoms. The van der Waals surface area contributed by atoms with Crippen molar-refractivity contribution in [3.8, 4) is 0 Å². The Morgan fingerprint density at radius 3 is 2.71 bits per heavy atom. The van der Waals surface area contributed by atoms with Crippen LogP contribution in [0.1, 0.15) is 29.5 Å². The standard InChI is InChI=1S/C18H19F2N/c1-2-21-18(10-13-7-8-14(19)11-17(13)20)16-9-12-5-3-4-6-15(12)16/h3-8,11,16,18,21H,2,9-10H2,1H3. The van der Waals surface area contributed by atoms with E-state index in [9.17, 15) is 8.78 Å². The Kier molecular flexibility index (Phi) is 4.02. The molecule has 0 radical (unpaired) electrons. The number of fused-ring (bicyclic) bond motifs is 1. The number of hydrogen-bond acceptors (Lipinski definition) is 1. The first-order valence-corrected chi connectivity index (χ1v) is 7.44. The van der Waals surface area contributed by atoms with Crippen LogP contribution in [0.3, 0.4) is 0 Å². The molecule has 0 saturated heterocycles. The zero-order valence-corrected chi connectivity index (χ0v) is 12.1. The molecule has 2 aromatic carbocycles. The van der Waals surface area contributed by atoms with Crippen LogP contribution >= 0.6 is 0 Å². The number of rotatable bonds is 5. The van der Waals surface area contributed by atoms with Crippen LogP contribution in [-0.2, 0) is 12.8 Å². The quantitative estimate of drug-likeness (QED) is 0.881. The van der Waals surface area contributed by atoms with Crippen LogP contribution < -0.4 is 5.32 Å². The van der Waals surface area contributed by atoms with E-state index in [4.69, 9.17) is 0 Å². The first kappa shape index (κ1) is 14.2. The largest absolute Gasteiger partial charge is 0.313 e. The Labute approximate surface area is 124 Å². The number of likely N-dealkylation sites (N-methyl/N-ethyl adjacent to an activating group) is 1. The van der Waals surface area contributed by atoms with Crippen LogP contribution in [0, 0.1) is 11.6 Å². The number of nitrogens with one attached hydrogen (secondary N) is 1. The Morgan fingerprint density at radius 1 is 1.19 bits per heavy atom. The van der Waals surface area contributed by atoms with Crippen molar-refractivity contribution in [2.75, 3.05) is 6.54 Å². The highest BCUT2D eigenvalue weighted by molar-refractivity contribution is 5.41. The number of hydrogen-bond donors (Lipinski definition) is 1. The molecule has 0 aliphatic heterocycles. The molecule has 2 atom stereocenters. The van der Waals surface area contributed by atoms with Crippen LogP contribution in [0.2, 0.25) is 0 Å². The molecule has 1 N–H and O–H groups in total. The minimum absolute atomic E-state index is 0.185. The topological polar surface area (TPSA) is 12.0 Å². The lowest BCUT2D eigenvalue weighted by Gasteiger charge is -2.37. The molecule has 110 valence electrons. The van der Waals surface area contributed by atoms with Gasteiger partial charge in [0.2, 0.25) is 0 Å². The van der Waals surface area contributed by atoms with E-state index in [2.05, 4.69) is 30.4 Å². The lowest BCUT2D eigenvalue weighted by atomic mass is 9.72. The zero-order chi connectivity index (χ0) is 14.8. The summed E-state index contributed by atoms with van der Waals surface area (Å²) in [6.45, 7) is 2.89. The Bertz CT molecular complexity index is 639. The van der Waals surface area contributed by atoms with Gasteiger partial charge in [-0.25, -0.2) is 8.78 Å². The maximum absolute atomic E-state index is 13.9. The van der Waals surface area contributed by atoms with E-state index in [1.54, 1.807) is 6.07 Å². The van der Waals surface area contributed by atoms with Crippen molar-refractivity contribution in [3.63, 3.8) is 0 Å². The van der Waals surface area contributed by atoms with E-state index in [1.807, 2.05) is 6.07 Å². The van der Waals surface area contributed by atoms with Crippen LogP contribution in [-0.4, -0.2) is 12.6 Å². The Balaban J connectivity index is 1.80. The van der Waals surface area contributed by atoms with Gasteiger partial charge in [-0.05, 0) is 42.1 Å². The average molecular weight is 287 g/mol. The van der Waals surface area contributed by atoms with Gasteiger partial charge in [0, 0.05) is 18.0 Å². The van der Waals surface area contributed by atoms with Crippen molar-refractivity contribution in [1.29, 1.82) is 0 Å². The summed E-state index contributed by atoms with van der Waals surface area (Å²) in [6.07, 6.45) is 1.61. The van der Waals surface area contributed by atoms with Gasteiger partial charge in [0.1, 0.15) is 11.6 Å². The second-order valence-corrected chi connectivity index (χ2v) is 5.61. The van der Waals surface area contributed by atoms with Crippen molar-refractivity contribution >= 4 is 0 Å². The molecule has 2 unspecified atom stereocenters. The van der Waals surface area contributed by atoms with Crippen molar-refractivity contribution in [3.05, 3.63) is 70.8 Å². The highest BCUT2D eigenvalue weighted by atomic mass is 19.1. The molecule has 3 rings (SSSR count). The summed E-state index contributed by atoms with van der Waals surface area (Å²) in [5.41, 5.74) is 3.31. The summed E-state index contributed by atoms with van der Waals surface area (Å²) in [5, 5.41) is 3.46. The monoisotopic (exact) mass is 287 g/mol. The fourth-order valence-corrected chi connectivity index (χ4v) is 3.20. The van der Waals surface area contributed by atoms with Gasteiger partial charge in [0.05, 0.1) is 0 Å². The molecule has 0 amide bonds. The van der Waals surface area contributed by atoms with E-state index in [1.165, 1.54) is 17.2 Å². The maximum atomic E-state index is 13.9. The maximum Gasteiger partial charge on any atom is 0.129 e. The predicted octanol–water partition coefficient (Wildman–Crippen LogP) is 3.83. The summed E-state index contributed by atoms with van der Waals surface area (Å²) in [5.74, 6) is -0.568. The zero-order valence-electron chi connectivity index (χ0n) is 12.1. The summed E-state index contributed by atoms with van der Waals surface area (Å²) in [6, 6.07) is 12.4. The van der Waals surface area contributed by atoms with Crippen molar-refractivity contribution in [2.45, 2.75) is 31.7 Å². The average Bonchev–Trinajstić information content (AvgIpc) is 2.43. The predicted molar refractivity (Wildman–Crippen MR) is 80.4 cm³/mol. The van der Waals surface area contributed by atoms with Crippen molar-refractivity contribution in [1.82, 2.24) is 5.32 Å². The van der Waals surface area contributed by atoms with E-state index in [0.717, 1.165) is 19.0 Å². The molecule has 0 aromatic heterocycles. The van der Waals surface area contributed by atoms with E-state index >= 15 is 0 Å². The fourth-order valence-electron chi connectivity index (χ4n) is 3.20. The molecule has 3 heteroatoms. The molecule has 0 spiro atoms. The molecule has 1 nitrogen and oxygen atoms in total. The summed E-state index contributed by atoms with van der Waals surface area (Å²) >= 11 is 0. The second kappa shape index (κ2) is 5.94. The van der Waals surface area contributed by atoms with Gasteiger partial charge in [-0.1, -0.05) is 37.3 Å². The van der Waals surface area contributed by atoms with Crippen LogP contribution in [0.4, 0.5) is 8.78 Å². The van der Waals surface area contributed by atoms with Gasteiger partial charge < -0.3 is 5.32 Å². The molecule has 1 aliphatic rings. The third kappa shape index (κ3) is 2.84. The summed E-state index contributed by atoms with van der Waals surface area (Å²) < 4.78 is 26.9. The van der Waals surface area contributed by atoms with Gasteiger partial charge in [0.25, 0.3) is 0 Å². The summed E-state index contributed by atoms with van der Waals surface area (Å²) in [4.78, 5) is 0. The van der Waals surface area contributed by atoms with Crippen LogP contribution in [0.15, 0.2) is 42.5 Å². The molecule has 0 saturated carbocycles. The van der Waals surface area contributed by atoms with Crippen molar-refractivity contribution < 1.29 is 8.78 Å². The highest BCUT2D eigenvalue weighted by Gasteiger charge is 2.32. The normalized spacial score (nSPS) is 18.0. The van der Waals surface area contributed by atoms with Gasteiger partial charge >= 0.3 is 0 Å². The van der Waals surface area contributed by atoms with Crippen LogP contribution in [0.5, 0.6) is 0 Å². The molecule has 0 fully saturated rings. The third-order valence-corrected chi connectivity index (χ3v) is 4.30. The van der Waals surface area contributed by atoms with E-state index < -0.39 is 11.6 Å². The number of benzene rings is 2. The van der Waals surface area contributed by atoms with Gasteiger partial charge in [-0.15, -0.1) is 0 Å². The Hall–Kier alpha value is -1.74. The molecule has 0 heterocycles. The lowest BCUT2D eigenvalue weighted by Crippen LogP contribution is -2.41. The highest BCUT2D eigenvalue weighted by Crippen LogP contribution is 2.38. The SMILES string of the molecule is CCNC(Cc1ccc(F)cc1F)C1Cc2ccccc21. The van der Waals surface area contributed by atoms with Gasteiger partial charge in [0.15, 0.2) is 0 Å². The molecular formula is C18H19F2N. The third-order valence-electron chi connectivity index (χ3n) is 4.30. The molecular weight excluding hydrogens is 268 g/mol. The second-order valence-electron chi connectivity index (χ2n) is 5.61. The smallest absolute Gasteiger partial charge is 0.129 e. The first-order valence-electron chi connectivity index (χ1n) is 7.44. The van der Waals surface area contributed by atoms with Gasteiger partial charge in [-0.3, -0.25) is 0 Å². The summed E-state index contributed by atoms with van der Waals surface area (Å²) in [7, 11) is 0. The number of halogens is 2. The minimum atomic E-state index is -0.523. The van der Waals surface area contributed by atoms with Crippen molar-refractivity contribution in [2.24, 2.45) is 0 Å². The molecule has 1 aliphatic carbocycles. The van der Waals surface area contributed by atoms with Crippen LogP contribution in [0.25, 0.3) is 0 Å². The Morgan fingerprint density at radius 2 is 2.00 bits per heavy atom. The lowest BCUT2D eigenvalue weighted by molar-refractivity contribution is 0.399. The van der Waals surface area contributed by atoms with E-state index in [0.29, 0.717) is 17.9 Å². The fraction of sp³-hybridized carbons (Fsp3) is 0.333. The first-order chi connectivity index (χ1) is 10.2. The minimum Gasteiger partial charge on any atom is -0.313 e. The van der Waals surface area contributed by atoms with E-state index in [-0.39, 0.29) is 6.04 Å². The molecule has 2 aromatic rings. The van der Waals surface area contributed by atoms with Gasteiger partial charge in [-0.2, -0.15) is 0 Å².